The predicted octanol–water partition coefficient (Wildman–Crippen LogP) is 4.89. The number of benzene rings is 2. The summed E-state index contributed by atoms with van der Waals surface area (Å²) in [5.41, 5.74) is 1.60. The molecule has 0 bridgehead atoms. The molecule has 2 aromatic carbocycles. The Kier molecular flexibility index (Phi) is 4.74. The summed E-state index contributed by atoms with van der Waals surface area (Å²) in [5.74, 6) is 0.873. The molecule has 24 heavy (non-hydrogen) atoms. The molecule has 1 atom stereocenters. The highest BCUT2D eigenvalue weighted by Crippen LogP contribution is 2.42. The van der Waals surface area contributed by atoms with Crippen LogP contribution in [0.25, 0.3) is 0 Å². The minimum absolute atomic E-state index is 0.0569. The van der Waals surface area contributed by atoms with Crippen molar-refractivity contribution in [1.29, 1.82) is 0 Å². The van der Waals surface area contributed by atoms with Crippen LogP contribution in [0.1, 0.15) is 44.7 Å². The van der Waals surface area contributed by atoms with Gasteiger partial charge in [0.05, 0.1) is 6.04 Å². The zero-order valence-electron chi connectivity index (χ0n) is 14.2. The van der Waals surface area contributed by atoms with Crippen molar-refractivity contribution in [1.82, 2.24) is 5.32 Å². The van der Waals surface area contributed by atoms with E-state index in [-0.39, 0.29) is 17.7 Å². The summed E-state index contributed by atoms with van der Waals surface area (Å²) in [7, 11) is 0. The first kappa shape index (κ1) is 16.4. The van der Waals surface area contributed by atoms with Crippen LogP contribution in [-0.2, 0) is 0 Å². The molecule has 0 saturated heterocycles. The van der Waals surface area contributed by atoms with E-state index in [4.69, 9.17) is 4.74 Å². The molecule has 2 N–H and O–H groups in total. The molecule has 2 aromatic rings. The van der Waals surface area contributed by atoms with Crippen molar-refractivity contribution >= 4 is 11.7 Å². The number of carbonyl (C=O) groups is 1. The zero-order chi connectivity index (χ0) is 17.0. The van der Waals surface area contributed by atoms with Gasteiger partial charge in [0.2, 0.25) is 0 Å². The van der Waals surface area contributed by atoms with Crippen LogP contribution in [0.15, 0.2) is 54.6 Å². The van der Waals surface area contributed by atoms with Crippen molar-refractivity contribution < 1.29 is 9.53 Å². The third kappa shape index (κ3) is 3.37. The fraction of sp³-hybridized carbons (Fsp3) is 0.350. The highest BCUT2D eigenvalue weighted by molar-refractivity contribution is 5.89. The third-order valence-electron chi connectivity index (χ3n) is 4.82. The monoisotopic (exact) mass is 324 g/mol. The first-order valence-corrected chi connectivity index (χ1v) is 8.56. The molecule has 0 fully saturated rings. The van der Waals surface area contributed by atoms with Gasteiger partial charge in [0.25, 0.3) is 0 Å². The summed E-state index contributed by atoms with van der Waals surface area (Å²) in [5, 5.41) is 6.01. The zero-order valence-corrected chi connectivity index (χ0v) is 14.2. The predicted molar refractivity (Wildman–Crippen MR) is 96.3 cm³/mol. The molecule has 1 unspecified atom stereocenters. The molecule has 4 nitrogen and oxygen atoms in total. The molecule has 1 aliphatic heterocycles. The van der Waals surface area contributed by atoms with Crippen LogP contribution in [0, 0.1) is 0 Å². The van der Waals surface area contributed by atoms with Gasteiger partial charge in [0.1, 0.15) is 11.4 Å². The number of amides is 2. The minimum atomic E-state index is -0.223. The first-order chi connectivity index (χ1) is 11.7. The van der Waals surface area contributed by atoms with Crippen LogP contribution in [0.4, 0.5) is 10.5 Å². The van der Waals surface area contributed by atoms with E-state index < -0.39 is 0 Å². The van der Waals surface area contributed by atoms with Crippen molar-refractivity contribution in [2.75, 3.05) is 5.32 Å². The van der Waals surface area contributed by atoms with E-state index >= 15 is 0 Å². The maximum absolute atomic E-state index is 12.4. The maximum Gasteiger partial charge on any atom is 0.319 e. The van der Waals surface area contributed by atoms with Gasteiger partial charge in [-0.1, -0.05) is 50.2 Å². The SMILES string of the molecule is CCC1(CC)CC(NC(=O)Nc2ccccc2)c2ccccc2O1. The normalized spacial score (nSPS) is 18.2. The molecule has 126 valence electrons. The van der Waals surface area contributed by atoms with E-state index in [0.29, 0.717) is 0 Å². The van der Waals surface area contributed by atoms with Crippen LogP contribution in [0.3, 0.4) is 0 Å². The number of nitrogens with one attached hydrogen (secondary N) is 2. The van der Waals surface area contributed by atoms with E-state index in [1.165, 1.54) is 0 Å². The Hall–Kier alpha value is -2.49. The quantitative estimate of drug-likeness (QED) is 0.841. The number of anilines is 1. The summed E-state index contributed by atoms with van der Waals surface area (Å²) >= 11 is 0. The topological polar surface area (TPSA) is 50.4 Å². The van der Waals surface area contributed by atoms with Crippen molar-refractivity contribution in [3.63, 3.8) is 0 Å². The molecule has 0 aromatic heterocycles. The van der Waals surface area contributed by atoms with E-state index in [0.717, 1.165) is 36.3 Å². The van der Waals surface area contributed by atoms with E-state index in [1.807, 2.05) is 54.6 Å². The van der Waals surface area contributed by atoms with Gasteiger partial charge in [-0.3, -0.25) is 0 Å². The number of para-hydroxylation sites is 2. The Morgan fingerprint density at radius 1 is 1.08 bits per heavy atom. The van der Waals surface area contributed by atoms with Crippen molar-refractivity contribution in [3.8, 4) is 5.75 Å². The average Bonchev–Trinajstić information content (AvgIpc) is 2.62. The number of rotatable bonds is 4. The van der Waals surface area contributed by atoms with Gasteiger partial charge in [-0.25, -0.2) is 4.79 Å². The molecule has 0 radical (unpaired) electrons. The Bertz CT molecular complexity index is 696. The van der Waals surface area contributed by atoms with E-state index in [1.54, 1.807) is 0 Å². The number of hydrogen-bond donors (Lipinski definition) is 2. The molecular formula is C20H24N2O2. The first-order valence-electron chi connectivity index (χ1n) is 8.56. The van der Waals surface area contributed by atoms with Crippen LogP contribution in [0.2, 0.25) is 0 Å². The second-order valence-corrected chi connectivity index (χ2v) is 6.25. The summed E-state index contributed by atoms with van der Waals surface area (Å²) in [4.78, 5) is 12.4. The lowest BCUT2D eigenvalue weighted by Gasteiger charge is -2.41. The number of carbonyl (C=O) groups excluding carboxylic acids is 1. The third-order valence-corrected chi connectivity index (χ3v) is 4.82. The molecule has 2 amide bonds. The smallest absolute Gasteiger partial charge is 0.319 e. The van der Waals surface area contributed by atoms with Crippen LogP contribution < -0.4 is 15.4 Å². The second kappa shape index (κ2) is 6.95. The largest absolute Gasteiger partial charge is 0.487 e. The standard InChI is InChI=1S/C20H24N2O2/c1-3-20(4-2)14-17(16-12-8-9-13-18(16)24-20)22-19(23)21-15-10-6-5-7-11-15/h5-13,17H,3-4,14H2,1-2H3,(H2,21,22,23). The molecule has 1 heterocycles. The van der Waals surface area contributed by atoms with Gasteiger partial charge in [-0.05, 0) is 31.0 Å². The fourth-order valence-electron chi connectivity index (χ4n) is 3.28. The van der Waals surface area contributed by atoms with Gasteiger partial charge >= 0.3 is 6.03 Å². The lowest BCUT2D eigenvalue weighted by molar-refractivity contribution is 0.0247. The van der Waals surface area contributed by atoms with Gasteiger partial charge in [-0.2, -0.15) is 0 Å². The van der Waals surface area contributed by atoms with Gasteiger partial charge in [0.15, 0.2) is 0 Å². The lowest BCUT2D eigenvalue weighted by Crippen LogP contribution is -2.45. The molecule has 0 saturated carbocycles. The van der Waals surface area contributed by atoms with Crippen LogP contribution in [0.5, 0.6) is 5.75 Å². The van der Waals surface area contributed by atoms with E-state index in [9.17, 15) is 4.79 Å². The van der Waals surface area contributed by atoms with Gasteiger partial charge in [0, 0.05) is 17.7 Å². The van der Waals surface area contributed by atoms with Crippen molar-refractivity contribution in [2.24, 2.45) is 0 Å². The number of fused-ring (bicyclic) bond motifs is 1. The average molecular weight is 324 g/mol. The fourth-order valence-corrected chi connectivity index (χ4v) is 3.28. The van der Waals surface area contributed by atoms with E-state index in [2.05, 4.69) is 24.5 Å². The lowest BCUT2D eigenvalue weighted by atomic mass is 9.83. The molecule has 0 spiro atoms. The highest BCUT2D eigenvalue weighted by atomic mass is 16.5. The molecule has 1 aliphatic rings. The highest BCUT2D eigenvalue weighted by Gasteiger charge is 2.38. The maximum atomic E-state index is 12.4. The summed E-state index contributed by atoms with van der Waals surface area (Å²) in [6.45, 7) is 4.27. The second-order valence-electron chi connectivity index (χ2n) is 6.25. The Balaban J connectivity index is 1.79. The van der Waals surface area contributed by atoms with Crippen LogP contribution in [-0.4, -0.2) is 11.6 Å². The number of ether oxygens (including phenoxy) is 1. The summed E-state index contributed by atoms with van der Waals surface area (Å²) in [6, 6.07) is 17.2. The van der Waals surface area contributed by atoms with Crippen LogP contribution >= 0.6 is 0 Å². The molecular weight excluding hydrogens is 300 g/mol. The summed E-state index contributed by atoms with van der Waals surface area (Å²) in [6.07, 6.45) is 2.60. The number of urea groups is 1. The minimum Gasteiger partial charge on any atom is -0.487 e. The molecule has 4 heteroatoms. The van der Waals surface area contributed by atoms with Crippen molar-refractivity contribution in [3.05, 3.63) is 60.2 Å². The van der Waals surface area contributed by atoms with Gasteiger partial charge in [-0.15, -0.1) is 0 Å². The summed E-state index contributed by atoms with van der Waals surface area (Å²) < 4.78 is 6.28. The Labute approximate surface area is 143 Å². The number of hydrogen-bond acceptors (Lipinski definition) is 2. The molecule has 3 rings (SSSR count). The van der Waals surface area contributed by atoms with Crippen molar-refractivity contribution in [2.45, 2.75) is 44.8 Å². The molecule has 0 aliphatic carbocycles. The van der Waals surface area contributed by atoms with Gasteiger partial charge < -0.3 is 15.4 Å². The Morgan fingerprint density at radius 3 is 2.46 bits per heavy atom. The Morgan fingerprint density at radius 2 is 1.75 bits per heavy atom.